The monoisotopic (exact) mass is 283 g/mol. The van der Waals surface area contributed by atoms with Gasteiger partial charge in [-0.1, -0.05) is 17.7 Å². The molecule has 0 atom stereocenters. The first kappa shape index (κ1) is 12.5. The number of aromatic carboxylic acids is 1. The van der Waals surface area contributed by atoms with Crippen LogP contribution in [0.15, 0.2) is 29.8 Å². The van der Waals surface area contributed by atoms with Gasteiger partial charge in [0.1, 0.15) is 10.6 Å². The Morgan fingerprint density at radius 2 is 2.17 bits per heavy atom. The SMILES string of the molecule is O=C(O)c1ncsc1C(=O)Oc1cccc(Cl)c1. The molecule has 1 N–H and O–H groups in total. The Bertz CT molecular complexity index is 611. The molecule has 0 saturated carbocycles. The second-order valence-electron chi connectivity index (χ2n) is 3.18. The number of nitrogens with zero attached hydrogens (tertiary/aromatic N) is 1. The largest absolute Gasteiger partial charge is 0.476 e. The lowest BCUT2D eigenvalue weighted by Gasteiger charge is -2.03. The van der Waals surface area contributed by atoms with Gasteiger partial charge in [0, 0.05) is 5.02 Å². The van der Waals surface area contributed by atoms with Crippen molar-refractivity contribution in [3.8, 4) is 5.75 Å². The van der Waals surface area contributed by atoms with Gasteiger partial charge in [-0.15, -0.1) is 11.3 Å². The summed E-state index contributed by atoms with van der Waals surface area (Å²) < 4.78 is 5.01. The molecule has 0 aliphatic rings. The van der Waals surface area contributed by atoms with Gasteiger partial charge in [0.2, 0.25) is 0 Å². The molecule has 5 nitrogen and oxygen atoms in total. The third-order valence-corrected chi connectivity index (χ3v) is 3.00. The minimum atomic E-state index is -1.27. The molecule has 0 aliphatic heterocycles. The van der Waals surface area contributed by atoms with E-state index in [9.17, 15) is 9.59 Å². The zero-order chi connectivity index (χ0) is 13.1. The van der Waals surface area contributed by atoms with Gasteiger partial charge in [-0.25, -0.2) is 14.6 Å². The number of ether oxygens (including phenoxy) is 1. The number of aromatic nitrogens is 1. The van der Waals surface area contributed by atoms with Crippen LogP contribution >= 0.6 is 22.9 Å². The molecule has 1 aromatic heterocycles. The van der Waals surface area contributed by atoms with E-state index in [1.54, 1.807) is 18.2 Å². The second kappa shape index (κ2) is 5.16. The summed E-state index contributed by atoms with van der Waals surface area (Å²) in [6.07, 6.45) is 0. The molecule has 0 fully saturated rings. The van der Waals surface area contributed by atoms with E-state index < -0.39 is 11.9 Å². The number of halogens is 1. The fourth-order valence-electron chi connectivity index (χ4n) is 1.23. The predicted octanol–water partition coefficient (Wildman–Crippen LogP) is 2.71. The molecule has 1 aromatic carbocycles. The van der Waals surface area contributed by atoms with Crippen molar-refractivity contribution in [2.75, 3.05) is 0 Å². The Balaban J connectivity index is 2.22. The number of hydrogen-bond donors (Lipinski definition) is 1. The summed E-state index contributed by atoms with van der Waals surface area (Å²) in [6.45, 7) is 0. The van der Waals surface area contributed by atoms with Crippen LogP contribution in [0.1, 0.15) is 20.2 Å². The molecule has 0 aliphatic carbocycles. The normalized spacial score (nSPS) is 10.1. The van der Waals surface area contributed by atoms with Crippen LogP contribution < -0.4 is 4.74 Å². The van der Waals surface area contributed by atoms with Crippen molar-refractivity contribution in [1.29, 1.82) is 0 Å². The average molecular weight is 284 g/mol. The summed E-state index contributed by atoms with van der Waals surface area (Å²) in [4.78, 5) is 26.1. The van der Waals surface area contributed by atoms with Crippen LogP contribution in [0.5, 0.6) is 5.75 Å². The Morgan fingerprint density at radius 3 is 2.83 bits per heavy atom. The minimum absolute atomic E-state index is 0.0533. The maximum absolute atomic E-state index is 11.8. The molecule has 1 heterocycles. The zero-order valence-corrected chi connectivity index (χ0v) is 10.4. The number of rotatable bonds is 3. The number of carbonyl (C=O) groups excluding carboxylic acids is 1. The second-order valence-corrected chi connectivity index (χ2v) is 4.47. The van der Waals surface area contributed by atoms with Crippen molar-refractivity contribution in [3.63, 3.8) is 0 Å². The highest BCUT2D eigenvalue weighted by Crippen LogP contribution is 2.20. The molecule has 0 bridgehead atoms. The summed E-state index contributed by atoms with van der Waals surface area (Å²) in [5.74, 6) is -1.79. The smallest absolute Gasteiger partial charge is 0.356 e. The fraction of sp³-hybridized carbons (Fsp3) is 0. The average Bonchev–Trinajstić information content (AvgIpc) is 2.77. The van der Waals surface area contributed by atoms with Gasteiger partial charge in [-0.05, 0) is 18.2 Å². The topological polar surface area (TPSA) is 76.5 Å². The first-order chi connectivity index (χ1) is 8.58. The molecule has 2 rings (SSSR count). The lowest BCUT2D eigenvalue weighted by Crippen LogP contribution is -2.12. The molecular weight excluding hydrogens is 278 g/mol. The van der Waals surface area contributed by atoms with Crippen LogP contribution in [0.25, 0.3) is 0 Å². The summed E-state index contributed by atoms with van der Waals surface area (Å²) in [5.41, 5.74) is 0.963. The molecule has 0 spiro atoms. The van der Waals surface area contributed by atoms with Crippen LogP contribution in [0.2, 0.25) is 5.02 Å². The minimum Gasteiger partial charge on any atom is -0.476 e. The van der Waals surface area contributed by atoms with E-state index in [1.807, 2.05) is 0 Å². The number of esters is 1. The first-order valence-electron chi connectivity index (χ1n) is 4.72. The fourth-order valence-corrected chi connectivity index (χ4v) is 2.06. The Hall–Kier alpha value is -1.92. The number of carboxylic acid groups (broad SMARTS) is 1. The molecule has 0 unspecified atom stereocenters. The maximum Gasteiger partial charge on any atom is 0.356 e. The molecule has 18 heavy (non-hydrogen) atoms. The maximum atomic E-state index is 11.8. The molecule has 2 aromatic rings. The third-order valence-electron chi connectivity index (χ3n) is 1.96. The van der Waals surface area contributed by atoms with E-state index in [2.05, 4.69) is 4.98 Å². The Morgan fingerprint density at radius 1 is 1.39 bits per heavy atom. The van der Waals surface area contributed by atoms with E-state index in [0.717, 1.165) is 11.3 Å². The van der Waals surface area contributed by atoms with E-state index in [4.69, 9.17) is 21.4 Å². The summed E-state index contributed by atoms with van der Waals surface area (Å²) in [7, 11) is 0. The highest BCUT2D eigenvalue weighted by Gasteiger charge is 2.21. The predicted molar refractivity (Wildman–Crippen MR) is 65.5 cm³/mol. The van der Waals surface area contributed by atoms with Crippen molar-refractivity contribution >= 4 is 34.9 Å². The van der Waals surface area contributed by atoms with Crippen molar-refractivity contribution in [3.05, 3.63) is 45.4 Å². The first-order valence-corrected chi connectivity index (χ1v) is 5.98. The van der Waals surface area contributed by atoms with E-state index in [1.165, 1.54) is 11.6 Å². The zero-order valence-electron chi connectivity index (χ0n) is 8.79. The summed E-state index contributed by atoms with van der Waals surface area (Å²) in [5, 5.41) is 9.25. The van der Waals surface area contributed by atoms with Crippen LogP contribution in [0.3, 0.4) is 0 Å². The molecule has 7 heteroatoms. The number of thiazole rings is 1. The number of carbonyl (C=O) groups is 2. The van der Waals surface area contributed by atoms with E-state index in [-0.39, 0.29) is 16.3 Å². The molecule has 0 radical (unpaired) electrons. The van der Waals surface area contributed by atoms with Crippen molar-refractivity contribution in [1.82, 2.24) is 4.98 Å². The highest BCUT2D eigenvalue weighted by atomic mass is 35.5. The van der Waals surface area contributed by atoms with Gasteiger partial charge in [-0.2, -0.15) is 0 Å². The summed E-state index contributed by atoms with van der Waals surface area (Å²) in [6, 6.07) is 6.26. The van der Waals surface area contributed by atoms with Crippen molar-refractivity contribution in [2.24, 2.45) is 0 Å². The van der Waals surface area contributed by atoms with Crippen molar-refractivity contribution < 1.29 is 19.4 Å². The third kappa shape index (κ3) is 2.66. The molecular formula is C11H6ClNO4S. The van der Waals surface area contributed by atoms with Gasteiger partial charge >= 0.3 is 11.9 Å². The van der Waals surface area contributed by atoms with E-state index in [0.29, 0.717) is 5.02 Å². The van der Waals surface area contributed by atoms with Crippen LogP contribution in [-0.4, -0.2) is 22.0 Å². The quantitative estimate of drug-likeness (QED) is 0.692. The molecule has 92 valence electrons. The van der Waals surface area contributed by atoms with Crippen LogP contribution in [0, 0.1) is 0 Å². The molecule has 0 amide bonds. The van der Waals surface area contributed by atoms with Gasteiger partial charge in [0.25, 0.3) is 0 Å². The van der Waals surface area contributed by atoms with Crippen molar-refractivity contribution in [2.45, 2.75) is 0 Å². The van der Waals surface area contributed by atoms with E-state index >= 15 is 0 Å². The van der Waals surface area contributed by atoms with Gasteiger partial charge < -0.3 is 9.84 Å². The highest BCUT2D eigenvalue weighted by molar-refractivity contribution is 7.12. The Labute approximate surface area is 111 Å². The van der Waals surface area contributed by atoms with Gasteiger partial charge in [0.05, 0.1) is 5.51 Å². The number of benzene rings is 1. The van der Waals surface area contributed by atoms with Gasteiger partial charge in [-0.3, -0.25) is 0 Å². The number of hydrogen-bond acceptors (Lipinski definition) is 5. The van der Waals surface area contributed by atoms with Crippen LogP contribution in [0.4, 0.5) is 0 Å². The Kier molecular flexibility index (Phi) is 3.59. The lowest BCUT2D eigenvalue weighted by atomic mass is 10.3. The van der Waals surface area contributed by atoms with Crippen LogP contribution in [-0.2, 0) is 0 Å². The standard InChI is InChI=1S/C11H6ClNO4S/c12-6-2-1-3-7(4-6)17-11(16)9-8(10(14)15)13-5-18-9/h1-5H,(H,14,15). The summed E-state index contributed by atoms with van der Waals surface area (Å²) >= 11 is 6.65. The number of carboxylic acids is 1. The molecule has 0 saturated heterocycles. The van der Waals surface area contributed by atoms with Gasteiger partial charge in [0.15, 0.2) is 5.69 Å². The lowest BCUT2D eigenvalue weighted by molar-refractivity contribution is 0.0665.